The van der Waals surface area contributed by atoms with E-state index in [4.69, 9.17) is 11.6 Å². The van der Waals surface area contributed by atoms with Crippen LogP contribution in [0.15, 0.2) is 54.6 Å². The van der Waals surface area contributed by atoms with Crippen molar-refractivity contribution in [3.8, 4) is 17.3 Å². The molecule has 0 unspecified atom stereocenters. The average molecular weight is 432 g/mol. The fraction of sp³-hybridized carbons (Fsp3) is 0.250. The van der Waals surface area contributed by atoms with Crippen LogP contribution in [-0.4, -0.2) is 29.2 Å². The number of nitriles is 1. The van der Waals surface area contributed by atoms with Gasteiger partial charge in [0.15, 0.2) is 5.82 Å². The number of hydrogen-bond donors (Lipinski definition) is 1. The third kappa shape index (κ3) is 4.68. The number of amides is 1. The van der Waals surface area contributed by atoms with Crippen molar-refractivity contribution in [2.24, 2.45) is 5.92 Å². The Kier molecular flexibility index (Phi) is 6.15. The quantitative estimate of drug-likeness (QED) is 0.639. The van der Waals surface area contributed by atoms with Gasteiger partial charge in [0.2, 0.25) is 5.91 Å². The molecule has 1 saturated heterocycles. The lowest BCUT2D eigenvalue weighted by Gasteiger charge is -2.31. The third-order valence-electron chi connectivity index (χ3n) is 5.62. The molecule has 156 valence electrons. The van der Waals surface area contributed by atoms with Gasteiger partial charge in [-0.25, -0.2) is 0 Å². The summed E-state index contributed by atoms with van der Waals surface area (Å²) in [6.45, 7) is 3.50. The van der Waals surface area contributed by atoms with E-state index in [1.165, 1.54) is 0 Å². The average Bonchev–Trinajstić information content (AvgIpc) is 2.80. The first-order chi connectivity index (χ1) is 15.0. The zero-order valence-electron chi connectivity index (χ0n) is 17.2. The second-order valence-electron chi connectivity index (χ2n) is 7.64. The van der Waals surface area contributed by atoms with Gasteiger partial charge >= 0.3 is 0 Å². The van der Waals surface area contributed by atoms with Gasteiger partial charge in [-0.1, -0.05) is 35.9 Å². The van der Waals surface area contributed by atoms with E-state index < -0.39 is 0 Å². The van der Waals surface area contributed by atoms with E-state index in [-0.39, 0.29) is 11.8 Å². The van der Waals surface area contributed by atoms with Gasteiger partial charge in [-0.15, -0.1) is 10.2 Å². The highest BCUT2D eigenvalue weighted by atomic mass is 35.5. The Morgan fingerprint density at radius 3 is 2.58 bits per heavy atom. The van der Waals surface area contributed by atoms with Gasteiger partial charge in [0, 0.05) is 29.6 Å². The van der Waals surface area contributed by atoms with Gasteiger partial charge in [-0.2, -0.15) is 5.26 Å². The Morgan fingerprint density at radius 2 is 1.90 bits per heavy atom. The molecule has 1 aliphatic rings. The molecule has 0 aliphatic carbocycles. The molecule has 2 heterocycles. The van der Waals surface area contributed by atoms with Gasteiger partial charge in [-0.3, -0.25) is 4.79 Å². The largest absolute Gasteiger partial charge is 0.355 e. The lowest BCUT2D eigenvalue weighted by Crippen LogP contribution is -2.38. The molecule has 1 N–H and O–H groups in total. The highest BCUT2D eigenvalue weighted by Gasteiger charge is 2.26. The number of anilines is 2. The summed E-state index contributed by atoms with van der Waals surface area (Å²) in [4.78, 5) is 14.9. The number of hydrogen-bond acceptors (Lipinski definition) is 5. The first kappa shape index (κ1) is 20.8. The highest BCUT2D eigenvalue weighted by Crippen LogP contribution is 2.27. The number of nitrogens with zero attached hydrogens (tertiary/aromatic N) is 4. The maximum atomic E-state index is 12.7. The maximum absolute atomic E-state index is 12.7. The number of aromatic nitrogens is 2. The molecule has 0 atom stereocenters. The molecule has 0 radical (unpaired) electrons. The molecular weight excluding hydrogens is 410 g/mol. The molecule has 0 spiro atoms. The summed E-state index contributed by atoms with van der Waals surface area (Å²) < 4.78 is 0. The first-order valence-corrected chi connectivity index (χ1v) is 10.6. The van der Waals surface area contributed by atoms with Crippen LogP contribution in [0.1, 0.15) is 24.0 Å². The molecule has 1 amide bonds. The fourth-order valence-electron chi connectivity index (χ4n) is 3.82. The molecule has 31 heavy (non-hydrogen) atoms. The zero-order chi connectivity index (χ0) is 21.8. The molecule has 1 aromatic heterocycles. The van der Waals surface area contributed by atoms with E-state index >= 15 is 0 Å². The molecule has 1 aliphatic heterocycles. The van der Waals surface area contributed by atoms with Crippen molar-refractivity contribution in [1.82, 2.24) is 10.2 Å². The van der Waals surface area contributed by atoms with Crippen LogP contribution in [0.2, 0.25) is 5.02 Å². The second kappa shape index (κ2) is 9.15. The lowest BCUT2D eigenvalue weighted by molar-refractivity contribution is -0.120. The van der Waals surface area contributed by atoms with Gasteiger partial charge in [0.1, 0.15) is 6.07 Å². The molecule has 2 aromatic carbocycles. The number of nitrogens with one attached hydrogen (secondary N) is 1. The summed E-state index contributed by atoms with van der Waals surface area (Å²) in [6.07, 6.45) is 1.41. The molecule has 6 nitrogen and oxygen atoms in total. The van der Waals surface area contributed by atoms with Crippen LogP contribution in [-0.2, 0) is 4.79 Å². The maximum Gasteiger partial charge on any atom is 0.227 e. The molecule has 4 rings (SSSR count). The van der Waals surface area contributed by atoms with E-state index in [0.29, 0.717) is 29.1 Å². The van der Waals surface area contributed by atoms with Crippen LogP contribution < -0.4 is 10.2 Å². The standard InChI is InChI=1S/C24H22ClN5O/c1-16-4-2-3-5-20(16)21-8-9-23(29-28-21)30-12-10-17(11-13-30)24(31)27-22-14-19(25)7-6-18(22)15-26/h2-9,14,17H,10-13H2,1H3,(H,27,31). The van der Waals surface area contributed by atoms with Crippen LogP contribution in [0.4, 0.5) is 11.5 Å². The minimum atomic E-state index is -0.124. The van der Waals surface area contributed by atoms with Crippen LogP contribution in [0.3, 0.4) is 0 Å². The van der Waals surface area contributed by atoms with E-state index in [1.807, 2.05) is 30.3 Å². The van der Waals surface area contributed by atoms with Crippen molar-refractivity contribution < 1.29 is 4.79 Å². The normalized spacial score (nSPS) is 14.2. The minimum absolute atomic E-state index is 0.0839. The van der Waals surface area contributed by atoms with Crippen molar-refractivity contribution in [3.05, 3.63) is 70.7 Å². The number of halogens is 1. The van der Waals surface area contributed by atoms with Crippen molar-refractivity contribution in [2.45, 2.75) is 19.8 Å². The number of carbonyl (C=O) groups excluding carboxylic acids is 1. The van der Waals surface area contributed by atoms with E-state index in [2.05, 4.69) is 39.5 Å². The zero-order valence-corrected chi connectivity index (χ0v) is 17.9. The summed E-state index contributed by atoms with van der Waals surface area (Å²) >= 11 is 6.01. The summed E-state index contributed by atoms with van der Waals surface area (Å²) in [5, 5.41) is 21.4. The van der Waals surface area contributed by atoms with Crippen LogP contribution in [0.5, 0.6) is 0 Å². The minimum Gasteiger partial charge on any atom is -0.355 e. The van der Waals surface area contributed by atoms with Gasteiger partial charge in [0.25, 0.3) is 0 Å². The Bertz CT molecular complexity index is 1130. The van der Waals surface area contributed by atoms with Gasteiger partial charge < -0.3 is 10.2 Å². The van der Waals surface area contributed by atoms with Crippen LogP contribution in [0, 0.1) is 24.2 Å². The highest BCUT2D eigenvalue weighted by molar-refractivity contribution is 6.31. The van der Waals surface area contributed by atoms with Gasteiger partial charge in [0.05, 0.1) is 16.9 Å². The number of benzene rings is 2. The van der Waals surface area contributed by atoms with E-state index in [1.54, 1.807) is 18.2 Å². The SMILES string of the molecule is Cc1ccccc1-c1ccc(N2CCC(C(=O)Nc3cc(Cl)ccc3C#N)CC2)nn1. The number of carbonyl (C=O) groups is 1. The van der Waals surface area contributed by atoms with Gasteiger partial charge in [-0.05, 0) is 55.7 Å². The Labute approximate surface area is 186 Å². The summed E-state index contributed by atoms with van der Waals surface area (Å²) in [5.41, 5.74) is 3.95. The smallest absolute Gasteiger partial charge is 0.227 e. The molecule has 3 aromatic rings. The molecule has 0 bridgehead atoms. The number of aryl methyl sites for hydroxylation is 1. The summed E-state index contributed by atoms with van der Waals surface area (Å²) in [5.74, 6) is 0.609. The van der Waals surface area contributed by atoms with E-state index in [9.17, 15) is 10.1 Å². The summed E-state index contributed by atoms with van der Waals surface area (Å²) in [6, 6.07) is 19.0. The molecule has 7 heteroatoms. The number of rotatable bonds is 4. The molecular formula is C24H22ClN5O. The van der Waals surface area contributed by atoms with Crippen molar-refractivity contribution >= 4 is 29.0 Å². The van der Waals surface area contributed by atoms with Crippen molar-refractivity contribution in [1.29, 1.82) is 5.26 Å². The van der Waals surface area contributed by atoms with Crippen molar-refractivity contribution in [2.75, 3.05) is 23.3 Å². The predicted octanol–water partition coefficient (Wildman–Crippen LogP) is 4.83. The Balaban J connectivity index is 1.38. The third-order valence-corrected chi connectivity index (χ3v) is 5.86. The molecule has 0 saturated carbocycles. The van der Waals surface area contributed by atoms with E-state index in [0.717, 1.165) is 35.7 Å². The lowest BCUT2D eigenvalue weighted by atomic mass is 9.95. The Morgan fingerprint density at radius 1 is 1.13 bits per heavy atom. The molecule has 1 fully saturated rings. The van der Waals surface area contributed by atoms with Crippen molar-refractivity contribution in [3.63, 3.8) is 0 Å². The fourth-order valence-corrected chi connectivity index (χ4v) is 3.99. The monoisotopic (exact) mass is 431 g/mol. The van der Waals surface area contributed by atoms with Crippen LogP contribution in [0.25, 0.3) is 11.3 Å². The van der Waals surface area contributed by atoms with Crippen LogP contribution >= 0.6 is 11.6 Å². The Hall–Kier alpha value is -3.43. The summed E-state index contributed by atoms with van der Waals surface area (Å²) in [7, 11) is 0. The second-order valence-corrected chi connectivity index (χ2v) is 8.08. The number of piperidine rings is 1. The predicted molar refractivity (Wildman–Crippen MR) is 122 cm³/mol. The first-order valence-electron chi connectivity index (χ1n) is 10.2. The topological polar surface area (TPSA) is 81.9 Å².